The lowest BCUT2D eigenvalue weighted by Gasteiger charge is -2.17. The zero-order valence-corrected chi connectivity index (χ0v) is 17.9. The van der Waals surface area contributed by atoms with Crippen LogP contribution in [0.3, 0.4) is 0 Å². The molecule has 32 heavy (non-hydrogen) atoms. The first-order valence-electron chi connectivity index (χ1n) is 10.1. The molecule has 1 fully saturated rings. The van der Waals surface area contributed by atoms with E-state index < -0.39 is 10.0 Å². The molecule has 0 bridgehead atoms. The highest BCUT2D eigenvalue weighted by molar-refractivity contribution is 7.93. The van der Waals surface area contributed by atoms with E-state index in [1.54, 1.807) is 60.7 Å². The number of carbonyl (C=O) groups is 2. The fraction of sp³-hybridized carbons (Fsp3) is 0.130. The zero-order chi connectivity index (χ0) is 22.6. The summed E-state index contributed by atoms with van der Waals surface area (Å²) in [4.78, 5) is 24.6. The van der Waals surface area contributed by atoms with Crippen LogP contribution in [0.1, 0.15) is 16.8 Å². The number of sulfonamides is 1. The van der Waals surface area contributed by atoms with Crippen molar-refractivity contribution in [3.8, 4) is 0 Å². The third kappa shape index (κ3) is 5.06. The second-order valence-electron chi connectivity index (χ2n) is 7.27. The SMILES string of the molecule is O=C(Nc1ccccc1)Nc1ccc(C(=O)Nc2ccc(N3CCCS3(=O)=O)cc2)cc1. The molecule has 1 aliphatic rings. The van der Waals surface area contributed by atoms with E-state index in [4.69, 9.17) is 0 Å². The number of benzene rings is 3. The van der Waals surface area contributed by atoms with Crippen molar-refractivity contribution in [2.45, 2.75) is 6.42 Å². The molecule has 3 N–H and O–H groups in total. The summed E-state index contributed by atoms with van der Waals surface area (Å²) in [7, 11) is -3.24. The quantitative estimate of drug-likeness (QED) is 0.543. The van der Waals surface area contributed by atoms with Gasteiger partial charge in [0.05, 0.1) is 11.4 Å². The van der Waals surface area contributed by atoms with Crippen molar-refractivity contribution in [3.05, 3.63) is 84.4 Å². The number of para-hydroxylation sites is 1. The summed E-state index contributed by atoms with van der Waals surface area (Å²) in [5.74, 6) is -0.156. The molecule has 3 aromatic carbocycles. The molecule has 1 heterocycles. The second-order valence-corrected chi connectivity index (χ2v) is 9.28. The van der Waals surface area contributed by atoms with E-state index >= 15 is 0 Å². The Hall–Kier alpha value is -3.85. The van der Waals surface area contributed by atoms with E-state index in [-0.39, 0.29) is 17.7 Å². The van der Waals surface area contributed by atoms with Gasteiger partial charge in [-0.1, -0.05) is 18.2 Å². The van der Waals surface area contributed by atoms with Crippen LogP contribution < -0.4 is 20.3 Å². The van der Waals surface area contributed by atoms with Crippen LogP contribution in [0.2, 0.25) is 0 Å². The molecule has 0 aliphatic carbocycles. The lowest BCUT2D eigenvalue weighted by atomic mass is 10.2. The van der Waals surface area contributed by atoms with Crippen LogP contribution in [0, 0.1) is 0 Å². The Bertz CT molecular complexity index is 1210. The molecular weight excluding hydrogens is 428 g/mol. The molecule has 0 aromatic heterocycles. The first-order valence-corrected chi connectivity index (χ1v) is 11.7. The normalized spacial score (nSPS) is 14.6. The van der Waals surface area contributed by atoms with Crippen LogP contribution in [0.25, 0.3) is 0 Å². The number of hydrogen-bond acceptors (Lipinski definition) is 4. The Balaban J connectivity index is 1.34. The van der Waals surface area contributed by atoms with Crippen molar-refractivity contribution in [3.63, 3.8) is 0 Å². The van der Waals surface area contributed by atoms with Crippen LogP contribution in [0.4, 0.5) is 27.5 Å². The molecule has 0 unspecified atom stereocenters. The third-order valence-corrected chi connectivity index (χ3v) is 6.82. The van der Waals surface area contributed by atoms with Gasteiger partial charge in [-0.15, -0.1) is 0 Å². The average Bonchev–Trinajstić information content (AvgIpc) is 3.14. The molecule has 0 atom stereocenters. The molecule has 1 saturated heterocycles. The summed E-state index contributed by atoms with van der Waals surface area (Å²) in [6, 6.07) is 21.9. The highest BCUT2D eigenvalue weighted by atomic mass is 32.2. The van der Waals surface area contributed by atoms with Gasteiger partial charge in [0.15, 0.2) is 0 Å². The van der Waals surface area contributed by atoms with Crippen molar-refractivity contribution in [2.24, 2.45) is 0 Å². The van der Waals surface area contributed by atoms with Crippen molar-refractivity contribution in [1.82, 2.24) is 0 Å². The van der Waals surface area contributed by atoms with Crippen LogP contribution in [0.15, 0.2) is 78.9 Å². The number of amides is 3. The summed E-state index contributed by atoms with van der Waals surface area (Å²) in [6.07, 6.45) is 0.611. The smallest absolute Gasteiger partial charge is 0.322 e. The molecule has 1 aliphatic heterocycles. The highest BCUT2D eigenvalue weighted by Crippen LogP contribution is 2.25. The van der Waals surface area contributed by atoms with Gasteiger partial charge in [0.25, 0.3) is 5.91 Å². The van der Waals surface area contributed by atoms with Gasteiger partial charge >= 0.3 is 6.03 Å². The maximum atomic E-state index is 12.5. The van der Waals surface area contributed by atoms with Crippen molar-refractivity contribution >= 4 is 44.7 Å². The van der Waals surface area contributed by atoms with Gasteiger partial charge in [0.1, 0.15) is 0 Å². The second kappa shape index (κ2) is 9.11. The fourth-order valence-corrected chi connectivity index (χ4v) is 4.93. The molecule has 3 aromatic rings. The zero-order valence-electron chi connectivity index (χ0n) is 17.1. The van der Waals surface area contributed by atoms with E-state index in [1.165, 1.54) is 4.31 Å². The Morgan fingerprint density at radius 2 is 1.28 bits per heavy atom. The summed E-state index contributed by atoms with van der Waals surface area (Å²) < 4.78 is 25.4. The molecule has 0 radical (unpaired) electrons. The summed E-state index contributed by atoms with van der Waals surface area (Å²) in [5, 5.41) is 8.21. The van der Waals surface area contributed by atoms with E-state index in [9.17, 15) is 18.0 Å². The first-order chi connectivity index (χ1) is 15.4. The van der Waals surface area contributed by atoms with Gasteiger partial charge in [-0.25, -0.2) is 13.2 Å². The van der Waals surface area contributed by atoms with Gasteiger partial charge < -0.3 is 16.0 Å². The minimum atomic E-state index is -3.24. The first kappa shape index (κ1) is 21.4. The number of nitrogens with one attached hydrogen (secondary N) is 3. The highest BCUT2D eigenvalue weighted by Gasteiger charge is 2.28. The lowest BCUT2D eigenvalue weighted by Crippen LogP contribution is -2.25. The molecule has 9 heteroatoms. The number of nitrogens with zero attached hydrogens (tertiary/aromatic N) is 1. The minimum Gasteiger partial charge on any atom is -0.322 e. The third-order valence-electron chi connectivity index (χ3n) is 4.95. The van der Waals surface area contributed by atoms with Crippen LogP contribution in [0.5, 0.6) is 0 Å². The molecular formula is C23H22N4O4S. The maximum Gasteiger partial charge on any atom is 0.323 e. The number of anilines is 4. The van der Waals surface area contributed by atoms with Crippen LogP contribution >= 0.6 is 0 Å². The van der Waals surface area contributed by atoms with Gasteiger partial charge in [0.2, 0.25) is 10.0 Å². The Morgan fingerprint density at radius 1 is 0.719 bits per heavy atom. The Kier molecular flexibility index (Phi) is 6.09. The van der Waals surface area contributed by atoms with Crippen molar-refractivity contribution in [2.75, 3.05) is 32.6 Å². The number of carbonyl (C=O) groups excluding carboxylic acids is 2. The minimum absolute atomic E-state index is 0.157. The van der Waals surface area contributed by atoms with Gasteiger partial charge in [-0.2, -0.15) is 0 Å². The molecule has 0 saturated carbocycles. The largest absolute Gasteiger partial charge is 0.323 e. The van der Waals surface area contributed by atoms with E-state index in [0.717, 1.165) is 0 Å². The number of urea groups is 1. The van der Waals surface area contributed by atoms with Gasteiger partial charge in [0, 0.05) is 29.2 Å². The maximum absolute atomic E-state index is 12.5. The van der Waals surface area contributed by atoms with E-state index in [1.807, 2.05) is 18.2 Å². The molecule has 164 valence electrons. The Labute approximate surface area is 186 Å². The predicted octanol–water partition coefficient (Wildman–Crippen LogP) is 4.12. The van der Waals surface area contributed by atoms with Gasteiger partial charge in [-0.3, -0.25) is 9.10 Å². The van der Waals surface area contributed by atoms with Crippen molar-refractivity contribution < 1.29 is 18.0 Å². The molecule has 4 rings (SSSR count). The number of hydrogen-bond donors (Lipinski definition) is 3. The summed E-state index contributed by atoms with van der Waals surface area (Å²) in [6.45, 7) is 0.470. The Morgan fingerprint density at radius 3 is 1.88 bits per heavy atom. The topological polar surface area (TPSA) is 108 Å². The number of rotatable bonds is 5. The predicted molar refractivity (Wildman–Crippen MR) is 126 cm³/mol. The monoisotopic (exact) mass is 450 g/mol. The van der Waals surface area contributed by atoms with Crippen LogP contribution in [-0.4, -0.2) is 32.7 Å². The standard InChI is InChI=1S/C23H22N4O4S/c28-22(24-19-11-13-21(14-12-19)27-15-4-16-32(27,30)31)17-7-9-20(10-8-17)26-23(29)25-18-5-2-1-3-6-18/h1-3,5-14H,4,15-16H2,(H,24,28)(H2,25,26,29). The lowest BCUT2D eigenvalue weighted by molar-refractivity contribution is 0.102. The van der Waals surface area contributed by atoms with Crippen LogP contribution in [-0.2, 0) is 10.0 Å². The summed E-state index contributed by atoms with van der Waals surface area (Å²) in [5.41, 5.74) is 2.79. The fourth-order valence-electron chi connectivity index (χ4n) is 3.36. The van der Waals surface area contributed by atoms with E-state index in [0.29, 0.717) is 41.3 Å². The molecule has 8 nitrogen and oxygen atoms in total. The molecule has 0 spiro atoms. The van der Waals surface area contributed by atoms with Crippen molar-refractivity contribution in [1.29, 1.82) is 0 Å². The van der Waals surface area contributed by atoms with E-state index in [2.05, 4.69) is 16.0 Å². The molecule has 3 amide bonds. The average molecular weight is 451 g/mol. The summed E-state index contributed by atoms with van der Waals surface area (Å²) >= 11 is 0. The van der Waals surface area contributed by atoms with Gasteiger partial charge in [-0.05, 0) is 67.1 Å².